The van der Waals surface area contributed by atoms with Crippen LogP contribution in [0, 0.1) is 17.8 Å². The Morgan fingerprint density at radius 1 is 1.06 bits per heavy atom. The predicted octanol–water partition coefficient (Wildman–Crippen LogP) is 2.19. The van der Waals surface area contributed by atoms with Crippen LogP contribution in [-0.2, 0) is 19.1 Å². The first-order chi connectivity index (χ1) is 7.93. The van der Waals surface area contributed by atoms with E-state index in [2.05, 4.69) is 23.3 Å². The molecule has 0 aromatic rings. The van der Waals surface area contributed by atoms with Gasteiger partial charge in [0, 0.05) is 0 Å². The summed E-state index contributed by atoms with van der Waals surface area (Å²) < 4.78 is 9.22. The quantitative estimate of drug-likeness (QED) is 0.407. The molecule has 1 atom stereocenters. The maximum atomic E-state index is 11.5. The summed E-state index contributed by atoms with van der Waals surface area (Å²) in [5, 5.41) is 0. The summed E-state index contributed by atoms with van der Waals surface area (Å²) in [6.45, 7) is 6.01. The fraction of sp³-hybridized carbons (Fsp3) is 0.692. The summed E-state index contributed by atoms with van der Waals surface area (Å²) in [5.41, 5.74) is 0. The Kier molecular flexibility index (Phi) is 7.26. The summed E-state index contributed by atoms with van der Waals surface area (Å²) in [4.78, 5) is 23.0. The fourth-order valence-corrected chi connectivity index (χ4v) is 1.46. The van der Waals surface area contributed by atoms with Crippen LogP contribution < -0.4 is 0 Å². The highest BCUT2D eigenvalue weighted by atomic mass is 16.5. The zero-order chi connectivity index (χ0) is 13.4. The van der Waals surface area contributed by atoms with Crippen molar-refractivity contribution < 1.29 is 19.1 Å². The summed E-state index contributed by atoms with van der Waals surface area (Å²) in [5.74, 6) is -1.67. The molecule has 98 valence electrons. The molecule has 0 bridgehead atoms. The van der Waals surface area contributed by atoms with Crippen LogP contribution in [0.15, 0.2) is 12.2 Å². The van der Waals surface area contributed by atoms with Crippen LogP contribution in [0.25, 0.3) is 0 Å². The number of methoxy groups -OCH3 is 2. The number of ether oxygens (including phenoxy) is 2. The van der Waals surface area contributed by atoms with E-state index in [4.69, 9.17) is 0 Å². The van der Waals surface area contributed by atoms with Crippen LogP contribution in [0.5, 0.6) is 0 Å². The van der Waals surface area contributed by atoms with Gasteiger partial charge in [0.25, 0.3) is 0 Å². The largest absolute Gasteiger partial charge is 0.468 e. The van der Waals surface area contributed by atoms with Gasteiger partial charge in [-0.15, -0.1) is 0 Å². The number of allylic oxidation sites excluding steroid dienone is 2. The molecule has 0 aliphatic carbocycles. The van der Waals surface area contributed by atoms with Crippen molar-refractivity contribution in [2.75, 3.05) is 14.2 Å². The van der Waals surface area contributed by atoms with E-state index >= 15 is 0 Å². The number of hydrogen-bond acceptors (Lipinski definition) is 4. The third-order valence-electron chi connectivity index (χ3n) is 2.48. The first-order valence-electron chi connectivity index (χ1n) is 5.76. The molecular weight excluding hydrogens is 220 g/mol. The van der Waals surface area contributed by atoms with Crippen molar-refractivity contribution in [1.29, 1.82) is 0 Å². The molecule has 0 spiro atoms. The van der Waals surface area contributed by atoms with E-state index in [1.165, 1.54) is 14.2 Å². The molecule has 0 heterocycles. The van der Waals surface area contributed by atoms with Crippen molar-refractivity contribution in [1.82, 2.24) is 0 Å². The fourth-order valence-electron chi connectivity index (χ4n) is 1.46. The molecule has 0 amide bonds. The van der Waals surface area contributed by atoms with Crippen molar-refractivity contribution >= 4 is 11.9 Å². The molecule has 0 aromatic carbocycles. The highest BCUT2D eigenvalue weighted by Gasteiger charge is 2.32. The molecule has 17 heavy (non-hydrogen) atoms. The van der Waals surface area contributed by atoms with Crippen LogP contribution in [0.2, 0.25) is 0 Å². The lowest BCUT2D eigenvalue weighted by molar-refractivity contribution is -0.160. The Morgan fingerprint density at radius 3 is 1.88 bits per heavy atom. The normalized spacial score (nSPS) is 13.1. The minimum Gasteiger partial charge on any atom is -0.468 e. The first kappa shape index (κ1) is 15.7. The van der Waals surface area contributed by atoms with Gasteiger partial charge in [-0.05, 0) is 18.3 Å². The minimum absolute atomic E-state index is 0.228. The van der Waals surface area contributed by atoms with Crippen molar-refractivity contribution in [3.63, 3.8) is 0 Å². The Bertz CT molecular complexity index is 265. The van der Waals surface area contributed by atoms with Crippen molar-refractivity contribution in [2.45, 2.75) is 27.2 Å². The van der Waals surface area contributed by atoms with Gasteiger partial charge in [0.1, 0.15) is 0 Å². The van der Waals surface area contributed by atoms with Crippen LogP contribution >= 0.6 is 0 Å². The van der Waals surface area contributed by atoms with E-state index in [-0.39, 0.29) is 5.92 Å². The molecule has 0 N–H and O–H groups in total. The van der Waals surface area contributed by atoms with Gasteiger partial charge in [-0.1, -0.05) is 32.9 Å². The SMILES string of the molecule is COC(=O)C(C(=O)OC)C(C)/C=C/CC(C)C. The lowest BCUT2D eigenvalue weighted by Crippen LogP contribution is -2.31. The lowest BCUT2D eigenvalue weighted by Gasteiger charge is -2.16. The smallest absolute Gasteiger partial charge is 0.320 e. The topological polar surface area (TPSA) is 52.6 Å². The zero-order valence-corrected chi connectivity index (χ0v) is 11.2. The summed E-state index contributed by atoms with van der Waals surface area (Å²) in [6, 6.07) is 0. The van der Waals surface area contributed by atoms with Gasteiger partial charge in [0.2, 0.25) is 0 Å². The van der Waals surface area contributed by atoms with E-state index in [1.54, 1.807) is 6.92 Å². The van der Waals surface area contributed by atoms with Gasteiger partial charge in [0.15, 0.2) is 5.92 Å². The molecule has 1 unspecified atom stereocenters. The maximum absolute atomic E-state index is 11.5. The third kappa shape index (κ3) is 5.52. The number of carbonyl (C=O) groups is 2. The highest BCUT2D eigenvalue weighted by molar-refractivity contribution is 5.95. The van der Waals surface area contributed by atoms with Crippen LogP contribution in [0.3, 0.4) is 0 Å². The van der Waals surface area contributed by atoms with E-state index < -0.39 is 17.9 Å². The molecule has 0 fully saturated rings. The van der Waals surface area contributed by atoms with Gasteiger partial charge in [0.05, 0.1) is 14.2 Å². The van der Waals surface area contributed by atoms with E-state index in [0.29, 0.717) is 5.92 Å². The molecule has 0 aliphatic heterocycles. The number of carbonyl (C=O) groups excluding carboxylic acids is 2. The van der Waals surface area contributed by atoms with Crippen molar-refractivity contribution in [2.24, 2.45) is 17.8 Å². The predicted molar refractivity (Wildman–Crippen MR) is 65.3 cm³/mol. The monoisotopic (exact) mass is 242 g/mol. The summed E-state index contributed by atoms with van der Waals surface area (Å²) >= 11 is 0. The summed E-state index contributed by atoms with van der Waals surface area (Å²) in [7, 11) is 2.53. The second-order valence-corrected chi connectivity index (χ2v) is 4.44. The Balaban J connectivity index is 4.64. The second-order valence-electron chi connectivity index (χ2n) is 4.44. The second kappa shape index (κ2) is 7.87. The van der Waals surface area contributed by atoms with Gasteiger partial charge in [-0.3, -0.25) is 9.59 Å². The van der Waals surface area contributed by atoms with Crippen LogP contribution in [0.1, 0.15) is 27.2 Å². The average molecular weight is 242 g/mol. The Hall–Kier alpha value is -1.32. The summed E-state index contributed by atoms with van der Waals surface area (Å²) in [6.07, 6.45) is 4.76. The number of esters is 2. The van der Waals surface area contributed by atoms with Crippen molar-refractivity contribution in [3.8, 4) is 0 Å². The highest BCUT2D eigenvalue weighted by Crippen LogP contribution is 2.17. The van der Waals surface area contributed by atoms with Crippen molar-refractivity contribution in [3.05, 3.63) is 12.2 Å². The van der Waals surface area contributed by atoms with Gasteiger partial charge >= 0.3 is 11.9 Å². The van der Waals surface area contributed by atoms with Gasteiger partial charge in [-0.25, -0.2) is 0 Å². The Labute approximate surface area is 103 Å². The van der Waals surface area contributed by atoms with E-state index in [0.717, 1.165) is 6.42 Å². The molecule has 0 aromatic heterocycles. The Morgan fingerprint density at radius 2 is 1.53 bits per heavy atom. The molecule has 0 radical (unpaired) electrons. The maximum Gasteiger partial charge on any atom is 0.320 e. The zero-order valence-electron chi connectivity index (χ0n) is 11.2. The minimum atomic E-state index is -0.881. The van der Waals surface area contributed by atoms with Gasteiger partial charge < -0.3 is 9.47 Å². The lowest BCUT2D eigenvalue weighted by atomic mass is 9.93. The number of rotatable bonds is 6. The first-order valence-corrected chi connectivity index (χ1v) is 5.76. The van der Waals surface area contributed by atoms with E-state index in [9.17, 15) is 9.59 Å². The molecule has 4 heteroatoms. The molecule has 0 saturated carbocycles. The van der Waals surface area contributed by atoms with Crippen LogP contribution in [0.4, 0.5) is 0 Å². The van der Waals surface area contributed by atoms with E-state index in [1.807, 2.05) is 12.2 Å². The van der Waals surface area contributed by atoms with Crippen LogP contribution in [-0.4, -0.2) is 26.2 Å². The standard InChI is InChI=1S/C13H22O4/c1-9(2)7-6-8-10(3)11(12(14)16-4)13(15)17-5/h6,8-11H,7H2,1-5H3/b8-6+. The molecule has 4 nitrogen and oxygen atoms in total. The molecular formula is C13H22O4. The number of hydrogen-bond donors (Lipinski definition) is 0. The third-order valence-corrected chi connectivity index (χ3v) is 2.48. The molecule has 0 aliphatic rings. The average Bonchev–Trinajstić information content (AvgIpc) is 2.28. The van der Waals surface area contributed by atoms with Gasteiger partial charge in [-0.2, -0.15) is 0 Å². The molecule has 0 saturated heterocycles. The molecule has 0 rings (SSSR count).